The summed E-state index contributed by atoms with van der Waals surface area (Å²) in [4.78, 5) is 35.6. The summed E-state index contributed by atoms with van der Waals surface area (Å²) in [6.45, 7) is 2.21. The van der Waals surface area contributed by atoms with Crippen LogP contribution in [0.15, 0.2) is 30.3 Å². The smallest absolute Gasteiger partial charge is 0.326 e. The van der Waals surface area contributed by atoms with E-state index in [4.69, 9.17) is 5.73 Å². The van der Waals surface area contributed by atoms with E-state index in [2.05, 4.69) is 10.6 Å². The number of nitrogens with two attached hydrogens (primary N) is 1. The van der Waals surface area contributed by atoms with Gasteiger partial charge in [0.2, 0.25) is 11.8 Å². The van der Waals surface area contributed by atoms with Gasteiger partial charge in [-0.15, -0.1) is 0 Å². The van der Waals surface area contributed by atoms with E-state index in [-0.39, 0.29) is 36.6 Å². The molecule has 156 valence electrons. The Hall–Kier alpha value is -2.12. The topological polar surface area (TPSA) is 122 Å². The monoisotopic (exact) mass is 410 g/mol. The van der Waals surface area contributed by atoms with Gasteiger partial charge in [-0.25, -0.2) is 4.79 Å². The van der Waals surface area contributed by atoms with Gasteiger partial charge in [0.15, 0.2) is 0 Å². The fourth-order valence-corrected chi connectivity index (χ4v) is 3.37. The predicted octanol–water partition coefficient (Wildman–Crippen LogP) is -1.93. The summed E-state index contributed by atoms with van der Waals surface area (Å²) < 4.78 is 0. The SMILES string of the molecule is C[C@@H](N)C(=O)NCC1CCC(C(=O)N[C@@H](Cc2ccccc2)C(=O)O)CC1.[Cl-]. The Bertz CT molecular complexity index is 646. The first kappa shape index (κ1) is 23.9. The Morgan fingerprint density at radius 2 is 1.75 bits per heavy atom. The second kappa shape index (κ2) is 11.7. The van der Waals surface area contributed by atoms with Gasteiger partial charge in [-0.3, -0.25) is 9.59 Å². The average Bonchev–Trinajstić information content (AvgIpc) is 2.66. The molecule has 1 aliphatic rings. The van der Waals surface area contributed by atoms with Crippen molar-refractivity contribution < 1.29 is 31.9 Å². The molecule has 7 nitrogen and oxygen atoms in total. The van der Waals surface area contributed by atoms with E-state index in [0.717, 1.165) is 18.4 Å². The van der Waals surface area contributed by atoms with Gasteiger partial charge in [0.05, 0.1) is 6.04 Å². The second-order valence-corrected chi connectivity index (χ2v) is 7.34. The van der Waals surface area contributed by atoms with Crippen LogP contribution in [0.3, 0.4) is 0 Å². The van der Waals surface area contributed by atoms with Gasteiger partial charge >= 0.3 is 5.97 Å². The first-order valence-corrected chi connectivity index (χ1v) is 9.47. The van der Waals surface area contributed by atoms with Crippen molar-refractivity contribution in [2.24, 2.45) is 17.6 Å². The van der Waals surface area contributed by atoms with E-state index in [1.54, 1.807) is 6.92 Å². The molecule has 28 heavy (non-hydrogen) atoms. The summed E-state index contributed by atoms with van der Waals surface area (Å²) in [5, 5.41) is 14.9. The maximum Gasteiger partial charge on any atom is 0.326 e. The van der Waals surface area contributed by atoms with Crippen molar-refractivity contribution in [1.82, 2.24) is 10.6 Å². The van der Waals surface area contributed by atoms with Crippen molar-refractivity contribution in [2.75, 3.05) is 6.54 Å². The van der Waals surface area contributed by atoms with Crippen LogP contribution in [0.1, 0.15) is 38.2 Å². The first-order valence-electron chi connectivity index (χ1n) is 9.47. The van der Waals surface area contributed by atoms with Crippen LogP contribution in [0.2, 0.25) is 0 Å². The lowest BCUT2D eigenvalue weighted by Crippen LogP contribution is -3.00. The van der Waals surface area contributed by atoms with Crippen LogP contribution in [0.25, 0.3) is 0 Å². The van der Waals surface area contributed by atoms with Crippen LogP contribution < -0.4 is 28.8 Å². The number of hydrogen-bond acceptors (Lipinski definition) is 4. The third-order valence-electron chi connectivity index (χ3n) is 5.09. The van der Waals surface area contributed by atoms with Gasteiger partial charge in [0.1, 0.15) is 6.04 Å². The lowest BCUT2D eigenvalue weighted by atomic mass is 9.81. The summed E-state index contributed by atoms with van der Waals surface area (Å²) in [7, 11) is 0. The fraction of sp³-hybridized carbons (Fsp3) is 0.550. The van der Waals surface area contributed by atoms with Crippen LogP contribution in [0, 0.1) is 11.8 Å². The average molecular weight is 411 g/mol. The first-order chi connectivity index (χ1) is 12.9. The summed E-state index contributed by atoms with van der Waals surface area (Å²) in [6.07, 6.45) is 3.31. The Morgan fingerprint density at radius 1 is 1.14 bits per heavy atom. The van der Waals surface area contributed by atoms with Crippen molar-refractivity contribution in [1.29, 1.82) is 0 Å². The van der Waals surface area contributed by atoms with Gasteiger partial charge in [-0.2, -0.15) is 0 Å². The van der Waals surface area contributed by atoms with E-state index in [1.165, 1.54) is 0 Å². The number of aliphatic carboxylic acids is 1. The van der Waals surface area contributed by atoms with E-state index >= 15 is 0 Å². The fourth-order valence-electron chi connectivity index (χ4n) is 3.37. The molecule has 0 aromatic heterocycles. The normalized spacial score (nSPS) is 20.9. The molecule has 2 rings (SSSR count). The molecule has 1 aromatic rings. The van der Waals surface area contributed by atoms with Crippen LogP contribution in [0.5, 0.6) is 0 Å². The van der Waals surface area contributed by atoms with Crippen LogP contribution in [0.4, 0.5) is 0 Å². The number of carbonyl (C=O) groups is 3. The third-order valence-corrected chi connectivity index (χ3v) is 5.09. The Morgan fingerprint density at radius 3 is 2.29 bits per heavy atom. The summed E-state index contributed by atoms with van der Waals surface area (Å²) in [6, 6.07) is 7.82. The lowest BCUT2D eigenvalue weighted by Gasteiger charge is -2.29. The molecule has 1 aromatic carbocycles. The Labute approximate surface area is 171 Å². The molecular formula is C20H29ClN3O4-. The highest BCUT2D eigenvalue weighted by molar-refractivity contribution is 5.85. The minimum atomic E-state index is -1.03. The standard InChI is InChI=1S/C20H29N3O4.ClH/c1-13(21)18(24)22-12-15-7-9-16(10-8-15)19(25)23-17(20(26)27)11-14-5-3-2-4-6-14;/h2-6,13,15-17H,7-12,21H2,1H3,(H,22,24)(H,23,25)(H,26,27);1H/p-1/t13-,15?,16?,17+;/m1./s1. The molecular weight excluding hydrogens is 382 g/mol. The van der Waals surface area contributed by atoms with Crippen LogP contribution in [-0.4, -0.2) is 41.5 Å². The molecule has 0 aliphatic heterocycles. The molecule has 2 amide bonds. The minimum absolute atomic E-state index is 0. The molecule has 0 unspecified atom stereocenters. The molecule has 2 atom stereocenters. The summed E-state index contributed by atoms with van der Waals surface area (Å²) in [5.41, 5.74) is 6.40. The Kier molecular flexibility index (Phi) is 9.96. The number of halogens is 1. The molecule has 0 spiro atoms. The van der Waals surface area contributed by atoms with Gasteiger partial charge < -0.3 is 33.9 Å². The highest BCUT2D eigenvalue weighted by Gasteiger charge is 2.29. The number of carbonyl (C=O) groups excluding carboxylic acids is 2. The quantitative estimate of drug-likeness (QED) is 0.398. The minimum Gasteiger partial charge on any atom is -1.00 e. The number of benzene rings is 1. The molecule has 8 heteroatoms. The summed E-state index contributed by atoms with van der Waals surface area (Å²) in [5.74, 6) is -1.24. The zero-order valence-corrected chi connectivity index (χ0v) is 16.8. The number of rotatable bonds is 8. The number of carboxylic acids is 1. The van der Waals surface area contributed by atoms with E-state index in [0.29, 0.717) is 25.3 Å². The number of amides is 2. The highest BCUT2D eigenvalue weighted by atomic mass is 35.5. The molecule has 0 radical (unpaired) electrons. The van der Waals surface area contributed by atoms with Gasteiger partial charge in [-0.1, -0.05) is 30.3 Å². The number of carboxylic acid groups (broad SMARTS) is 1. The number of hydrogen-bond donors (Lipinski definition) is 4. The largest absolute Gasteiger partial charge is 1.00 e. The molecule has 0 saturated heterocycles. The van der Waals surface area contributed by atoms with Gasteiger partial charge in [0, 0.05) is 18.9 Å². The van der Waals surface area contributed by atoms with Gasteiger partial charge in [-0.05, 0) is 44.1 Å². The van der Waals surface area contributed by atoms with Crippen molar-refractivity contribution in [3.05, 3.63) is 35.9 Å². The van der Waals surface area contributed by atoms with E-state index in [9.17, 15) is 19.5 Å². The summed E-state index contributed by atoms with van der Waals surface area (Å²) >= 11 is 0. The second-order valence-electron chi connectivity index (χ2n) is 7.34. The van der Waals surface area contributed by atoms with Crippen molar-refractivity contribution in [3.63, 3.8) is 0 Å². The maximum atomic E-state index is 12.5. The zero-order valence-electron chi connectivity index (χ0n) is 16.1. The van der Waals surface area contributed by atoms with Crippen LogP contribution >= 0.6 is 0 Å². The molecule has 5 N–H and O–H groups in total. The molecule has 1 fully saturated rings. The molecule has 0 bridgehead atoms. The van der Waals surface area contributed by atoms with Gasteiger partial charge in [0.25, 0.3) is 0 Å². The molecule has 1 saturated carbocycles. The van der Waals surface area contributed by atoms with E-state index < -0.39 is 18.1 Å². The van der Waals surface area contributed by atoms with Crippen LogP contribution in [-0.2, 0) is 20.8 Å². The molecule has 0 heterocycles. The molecule has 1 aliphatic carbocycles. The lowest BCUT2D eigenvalue weighted by molar-refractivity contribution is -0.142. The highest BCUT2D eigenvalue weighted by Crippen LogP contribution is 2.28. The maximum absolute atomic E-state index is 12.5. The van der Waals surface area contributed by atoms with E-state index in [1.807, 2.05) is 30.3 Å². The van der Waals surface area contributed by atoms with Crippen molar-refractivity contribution >= 4 is 17.8 Å². The third kappa shape index (κ3) is 7.48. The van der Waals surface area contributed by atoms with Crippen molar-refractivity contribution in [3.8, 4) is 0 Å². The Balaban J connectivity index is 0.00000392. The predicted molar refractivity (Wildman–Crippen MR) is 102 cm³/mol. The number of nitrogens with one attached hydrogen (secondary N) is 2. The zero-order chi connectivity index (χ0) is 19.8. The van der Waals surface area contributed by atoms with Crippen molar-refractivity contribution in [2.45, 2.75) is 51.1 Å².